The molecule has 0 amide bonds. The molecule has 0 aromatic heterocycles. The van der Waals surface area contributed by atoms with Crippen molar-refractivity contribution in [2.45, 2.75) is 37.9 Å². The average Bonchev–Trinajstić information content (AvgIpc) is 2.98. The molecule has 0 radical (unpaired) electrons. The number of esters is 2. The molecule has 0 unspecified atom stereocenters. The molecule has 0 aromatic rings. The first-order valence-corrected chi connectivity index (χ1v) is 6.32. The van der Waals surface area contributed by atoms with Crippen LogP contribution in [0.15, 0.2) is 0 Å². The Bertz CT molecular complexity index is 312. The summed E-state index contributed by atoms with van der Waals surface area (Å²) in [4.78, 5) is 22.8. The Balaban J connectivity index is 1.54. The van der Waals surface area contributed by atoms with Gasteiger partial charge in [0, 0.05) is 0 Å². The van der Waals surface area contributed by atoms with Gasteiger partial charge >= 0.3 is 11.9 Å². The van der Waals surface area contributed by atoms with Crippen molar-refractivity contribution in [2.24, 2.45) is 11.8 Å². The molecule has 0 spiro atoms. The molecule has 100 valence electrons. The van der Waals surface area contributed by atoms with Gasteiger partial charge in [0.05, 0.1) is 0 Å². The zero-order valence-corrected chi connectivity index (χ0v) is 10.0. The standard InChI is InChI=1S/C12H16O6/c13-11-9(15-5-17-11)7-1-2-8(4-3-7)10-12(14)18-6-16-10/h7-10H,1-6H2/t7?,8?,9-,10-/m0/s1. The predicted octanol–water partition coefficient (Wildman–Crippen LogP) is 0.592. The van der Waals surface area contributed by atoms with E-state index in [1.54, 1.807) is 0 Å². The quantitative estimate of drug-likeness (QED) is 0.673. The smallest absolute Gasteiger partial charge is 0.337 e. The maximum absolute atomic E-state index is 11.4. The van der Waals surface area contributed by atoms with E-state index >= 15 is 0 Å². The second-order valence-corrected chi connectivity index (χ2v) is 5.01. The van der Waals surface area contributed by atoms with Gasteiger partial charge in [-0.15, -0.1) is 0 Å². The van der Waals surface area contributed by atoms with Crippen molar-refractivity contribution in [1.29, 1.82) is 0 Å². The van der Waals surface area contributed by atoms with Crippen molar-refractivity contribution in [3.05, 3.63) is 0 Å². The van der Waals surface area contributed by atoms with Crippen LogP contribution in [0.3, 0.4) is 0 Å². The maximum Gasteiger partial charge on any atom is 0.337 e. The fraction of sp³-hybridized carbons (Fsp3) is 0.833. The summed E-state index contributed by atoms with van der Waals surface area (Å²) in [5.41, 5.74) is 0. The van der Waals surface area contributed by atoms with E-state index in [0.29, 0.717) is 0 Å². The minimum Gasteiger partial charge on any atom is -0.437 e. The molecule has 3 aliphatic rings. The van der Waals surface area contributed by atoms with Crippen LogP contribution in [0.25, 0.3) is 0 Å². The maximum atomic E-state index is 11.4. The number of carbonyl (C=O) groups excluding carboxylic acids is 2. The third-order valence-corrected chi connectivity index (χ3v) is 4.03. The SMILES string of the molecule is O=C1OCO[C@H]1C1CCC([C@@H]2OCOC2=O)CC1. The molecular formula is C12H16O6. The zero-order valence-electron chi connectivity index (χ0n) is 10.0. The molecule has 2 aliphatic heterocycles. The lowest BCUT2D eigenvalue weighted by Crippen LogP contribution is -2.35. The number of ether oxygens (including phenoxy) is 4. The summed E-state index contributed by atoms with van der Waals surface area (Å²) in [6, 6.07) is 0. The lowest BCUT2D eigenvalue weighted by atomic mass is 9.77. The largest absolute Gasteiger partial charge is 0.437 e. The molecule has 1 saturated carbocycles. The molecular weight excluding hydrogens is 240 g/mol. The van der Waals surface area contributed by atoms with E-state index in [0.717, 1.165) is 25.7 Å². The highest BCUT2D eigenvalue weighted by Crippen LogP contribution is 2.37. The molecule has 6 heteroatoms. The van der Waals surface area contributed by atoms with Crippen LogP contribution in [0.4, 0.5) is 0 Å². The first-order chi connectivity index (χ1) is 8.75. The lowest BCUT2D eigenvalue weighted by Gasteiger charge is -2.31. The summed E-state index contributed by atoms with van der Waals surface area (Å²) >= 11 is 0. The lowest BCUT2D eigenvalue weighted by molar-refractivity contribution is -0.142. The third-order valence-electron chi connectivity index (χ3n) is 4.03. The molecule has 2 atom stereocenters. The third kappa shape index (κ3) is 2.10. The fourth-order valence-electron chi connectivity index (χ4n) is 3.04. The summed E-state index contributed by atoms with van der Waals surface area (Å²) < 4.78 is 20.2. The Hall–Kier alpha value is -1.14. The van der Waals surface area contributed by atoms with Crippen molar-refractivity contribution in [1.82, 2.24) is 0 Å². The second-order valence-electron chi connectivity index (χ2n) is 5.01. The Labute approximate surface area is 105 Å². The van der Waals surface area contributed by atoms with Crippen LogP contribution >= 0.6 is 0 Å². The van der Waals surface area contributed by atoms with Crippen LogP contribution in [-0.2, 0) is 28.5 Å². The highest BCUT2D eigenvalue weighted by Gasteiger charge is 2.42. The summed E-state index contributed by atoms with van der Waals surface area (Å²) in [6.45, 7) is 0.142. The van der Waals surface area contributed by atoms with E-state index in [2.05, 4.69) is 0 Å². The predicted molar refractivity (Wildman–Crippen MR) is 57.1 cm³/mol. The average molecular weight is 256 g/mol. The molecule has 2 heterocycles. The van der Waals surface area contributed by atoms with E-state index in [-0.39, 0.29) is 37.4 Å². The van der Waals surface area contributed by atoms with Gasteiger partial charge in [-0.2, -0.15) is 0 Å². The van der Waals surface area contributed by atoms with Gasteiger partial charge < -0.3 is 18.9 Å². The first-order valence-electron chi connectivity index (χ1n) is 6.32. The van der Waals surface area contributed by atoms with Crippen LogP contribution in [0.5, 0.6) is 0 Å². The minimum absolute atomic E-state index is 0.0709. The molecule has 3 rings (SSSR count). The van der Waals surface area contributed by atoms with Crippen molar-refractivity contribution >= 4 is 11.9 Å². The molecule has 3 fully saturated rings. The molecule has 2 saturated heterocycles. The van der Waals surface area contributed by atoms with Gasteiger partial charge in [0.15, 0.2) is 25.8 Å². The van der Waals surface area contributed by atoms with Gasteiger partial charge in [-0.3, -0.25) is 0 Å². The number of hydrogen-bond donors (Lipinski definition) is 0. The van der Waals surface area contributed by atoms with Crippen LogP contribution in [0.1, 0.15) is 25.7 Å². The number of hydrogen-bond acceptors (Lipinski definition) is 6. The highest BCUT2D eigenvalue weighted by molar-refractivity contribution is 5.77. The van der Waals surface area contributed by atoms with E-state index in [1.165, 1.54) is 0 Å². The fourth-order valence-corrected chi connectivity index (χ4v) is 3.04. The summed E-state index contributed by atoms with van der Waals surface area (Å²) in [5, 5.41) is 0. The molecule has 6 nitrogen and oxygen atoms in total. The van der Waals surface area contributed by atoms with Crippen LogP contribution < -0.4 is 0 Å². The molecule has 0 aromatic carbocycles. The Morgan fingerprint density at radius 2 is 1.11 bits per heavy atom. The summed E-state index contributed by atoms with van der Waals surface area (Å²) in [6.07, 6.45) is 2.61. The number of carbonyl (C=O) groups is 2. The molecule has 1 aliphatic carbocycles. The highest BCUT2D eigenvalue weighted by atomic mass is 16.7. The van der Waals surface area contributed by atoms with Gasteiger partial charge in [-0.05, 0) is 37.5 Å². The molecule has 18 heavy (non-hydrogen) atoms. The van der Waals surface area contributed by atoms with Crippen molar-refractivity contribution < 1.29 is 28.5 Å². The number of rotatable bonds is 2. The van der Waals surface area contributed by atoms with Crippen molar-refractivity contribution in [2.75, 3.05) is 13.6 Å². The monoisotopic (exact) mass is 256 g/mol. The van der Waals surface area contributed by atoms with Crippen LogP contribution in [-0.4, -0.2) is 37.7 Å². The molecule has 0 N–H and O–H groups in total. The number of cyclic esters (lactones) is 2. The van der Waals surface area contributed by atoms with Gasteiger partial charge in [0.2, 0.25) is 0 Å². The van der Waals surface area contributed by atoms with Crippen LogP contribution in [0.2, 0.25) is 0 Å². The summed E-state index contributed by atoms with van der Waals surface area (Å²) in [7, 11) is 0. The Morgan fingerprint density at radius 3 is 1.39 bits per heavy atom. The van der Waals surface area contributed by atoms with E-state index in [1.807, 2.05) is 0 Å². The first kappa shape index (κ1) is 11.9. The van der Waals surface area contributed by atoms with Gasteiger partial charge in [0.25, 0.3) is 0 Å². The van der Waals surface area contributed by atoms with Gasteiger partial charge in [0.1, 0.15) is 0 Å². The normalized spacial score (nSPS) is 40.7. The van der Waals surface area contributed by atoms with Gasteiger partial charge in [-0.1, -0.05) is 0 Å². The van der Waals surface area contributed by atoms with E-state index < -0.39 is 12.2 Å². The Morgan fingerprint density at radius 1 is 0.722 bits per heavy atom. The zero-order chi connectivity index (χ0) is 12.5. The van der Waals surface area contributed by atoms with Crippen LogP contribution in [0, 0.1) is 11.8 Å². The van der Waals surface area contributed by atoms with Crippen molar-refractivity contribution in [3.63, 3.8) is 0 Å². The summed E-state index contributed by atoms with van der Waals surface area (Å²) in [5.74, 6) is -0.104. The van der Waals surface area contributed by atoms with E-state index in [4.69, 9.17) is 18.9 Å². The second kappa shape index (κ2) is 4.85. The molecule has 0 bridgehead atoms. The topological polar surface area (TPSA) is 71.1 Å². The van der Waals surface area contributed by atoms with E-state index in [9.17, 15) is 9.59 Å². The van der Waals surface area contributed by atoms with Gasteiger partial charge in [-0.25, -0.2) is 9.59 Å². The minimum atomic E-state index is -0.414. The van der Waals surface area contributed by atoms with Crippen molar-refractivity contribution in [3.8, 4) is 0 Å². The Kier molecular flexibility index (Phi) is 3.22.